The highest BCUT2D eigenvalue weighted by atomic mass is 32.1. The largest absolute Gasteiger partial charge is 0.332 e. The van der Waals surface area contributed by atoms with Gasteiger partial charge in [-0.3, -0.25) is 24.0 Å². The van der Waals surface area contributed by atoms with Gasteiger partial charge in [-0.2, -0.15) is 0 Å². The van der Waals surface area contributed by atoms with E-state index in [1.54, 1.807) is 0 Å². The number of nitrogens with zero attached hydrogens (tertiary/aromatic N) is 4. The Balaban J connectivity index is 1.62. The zero-order valence-corrected chi connectivity index (χ0v) is 19.1. The normalized spacial score (nSPS) is 11.1. The highest BCUT2D eigenvalue weighted by Crippen LogP contribution is 2.31. The fourth-order valence-electron chi connectivity index (χ4n) is 3.58. The Labute approximate surface area is 188 Å². The molecule has 32 heavy (non-hydrogen) atoms. The number of benzene rings is 1. The van der Waals surface area contributed by atoms with Crippen molar-refractivity contribution >= 4 is 33.4 Å². The van der Waals surface area contributed by atoms with Crippen molar-refractivity contribution in [1.29, 1.82) is 0 Å². The second kappa shape index (κ2) is 8.51. The van der Waals surface area contributed by atoms with Gasteiger partial charge in [0.1, 0.15) is 11.3 Å². The molecule has 0 atom stereocenters. The molecule has 0 aliphatic carbocycles. The van der Waals surface area contributed by atoms with Crippen LogP contribution in [0.4, 0.5) is 5.13 Å². The Morgan fingerprint density at radius 1 is 1.03 bits per heavy atom. The van der Waals surface area contributed by atoms with Gasteiger partial charge >= 0.3 is 5.69 Å². The van der Waals surface area contributed by atoms with E-state index in [4.69, 9.17) is 0 Å². The molecule has 0 aliphatic rings. The van der Waals surface area contributed by atoms with Crippen LogP contribution >= 0.6 is 11.3 Å². The highest BCUT2D eigenvalue weighted by Gasteiger charge is 2.17. The van der Waals surface area contributed by atoms with Crippen molar-refractivity contribution in [3.8, 4) is 11.3 Å². The molecule has 0 saturated carbocycles. The number of rotatable bonds is 5. The van der Waals surface area contributed by atoms with Gasteiger partial charge in [0, 0.05) is 24.5 Å². The number of anilines is 1. The summed E-state index contributed by atoms with van der Waals surface area (Å²) in [5, 5.41) is 3.51. The minimum Gasteiger partial charge on any atom is -0.296 e. The molecule has 0 unspecified atom stereocenters. The Bertz CT molecular complexity index is 1450. The van der Waals surface area contributed by atoms with E-state index in [2.05, 4.69) is 34.3 Å². The van der Waals surface area contributed by atoms with Crippen molar-refractivity contribution in [2.45, 2.75) is 26.7 Å². The zero-order valence-electron chi connectivity index (χ0n) is 18.3. The average molecular weight is 450 g/mol. The number of carbonyl (C=O) groups excluding carboxylic acids is 1. The van der Waals surface area contributed by atoms with Crippen molar-refractivity contribution < 1.29 is 4.79 Å². The van der Waals surface area contributed by atoms with Gasteiger partial charge in [0.25, 0.3) is 11.5 Å². The Morgan fingerprint density at radius 2 is 1.75 bits per heavy atom. The zero-order chi connectivity index (χ0) is 23.0. The fraction of sp³-hybridized carbons (Fsp3) is 0.261. The minimum absolute atomic E-state index is 0.0964. The highest BCUT2D eigenvalue weighted by molar-refractivity contribution is 7.16. The van der Waals surface area contributed by atoms with E-state index in [1.165, 1.54) is 47.7 Å². The molecule has 3 aromatic heterocycles. The van der Waals surface area contributed by atoms with E-state index in [9.17, 15) is 14.4 Å². The molecule has 0 bridgehead atoms. The lowest BCUT2D eigenvalue weighted by atomic mass is 10.1. The van der Waals surface area contributed by atoms with Crippen LogP contribution in [-0.4, -0.2) is 25.0 Å². The SMILES string of the molecule is CCCc1ccc(-c2nc(NC(=O)c3ccc4c(=O)n(C)c(=O)n(C)c4n3)sc2C)cc1. The monoisotopic (exact) mass is 449 g/mol. The number of thiazole rings is 1. The first-order valence-electron chi connectivity index (χ1n) is 10.2. The minimum atomic E-state index is -0.502. The molecular formula is C23H23N5O3S. The van der Waals surface area contributed by atoms with Gasteiger partial charge in [0.2, 0.25) is 0 Å². The van der Waals surface area contributed by atoms with E-state index in [0.29, 0.717) is 5.13 Å². The maximum Gasteiger partial charge on any atom is 0.332 e. The van der Waals surface area contributed by atoms with Crippen molar-refractivity contribution in [3.05, 3.63) is 73.4 Å². The molecule has 0 saturated heterocycles. The number of amides is 1. The van der Waals surface area contributed by atoms with E-state index >= 15 is 0 Å². The molecule has 0 radical (unpaired) electrons. The number of hydrogen-bond acceptors (Lipinski definition) is 6. The molecular weight excluding hydrogens is 426 g/mol. The first-order valence-corrected chi connectivity index (χ1v) is 11.1. The van der Waals surface area contributed by atoms with Crippen LogP contribution in [-0.2, 0) is 20.5 Å². The van der Waals surface area contributed by atoms with Gasteiger partial charge in [-0.25, -0.2) is 14.8 Å². The summed E-state index contributed by atoms with van der Waals surface area (Å²) in [5.74, 6) is -0.460. The smallest absolute Gasteiger partial charge is 0.296 e. The van der Waals surface area contributed by atoms with E-state index in [1.807, 2.05) is 19.1 Å². The number of aryl methyl sites for hydroxylation is 3. The topological polar surface area (TPSA) is 98.9 Å². The predicted molar refractivity (Wildman–Crippen MR) is 126 cm³/mol. The number of aromatic nitrogens is 4. The van der Waals surface area contributed by atoms with Crippen molar-refractivity contribution in [3.63, 3.8) is 0 Å². The number of nitrogens with one attached hydrogen (secondary N) is 1. The quantitative estimate of drug-likeness (QED) is 0.504. The number of pyridine rings is 1. The summed E-state index contributed by atoms with van der Waals surface area (Å²) >= 11 is 1.38. The Morgan fingerprint density at radius 3 is 2.44 bits per heavy atom. The molecule has 1 amide bonds. The number of hydrogen-bond donors (Lipinski definition) is 1. The summed E-state index contributed by atoms with van der Waals surface area (Å²) in [7, 11) is 2.92. The lowest BCUT2D eigenvalue weighted by molar-refractivity contribution is 0.102. The van der Waals surface area contributed by atoms with Crippen molar-refractivity contribution in [2.75, 3.05) is 5.32 Å². The summed E-state index contributed by atoms with van der Waals surface area (Å²) in [4.78, 5) is 47.1. The van der Waals surface area contributed by atoms with Gasteiger partial charge in [0.15, 0.2) is 5.13 Å². The number of carbonyl (C=O) groups is 1. The van der Waals surface area contributed by atoms with Crippen molar-refractivity contribution in [1.82, 2.24) is 19.1 Å². The fourth-order valence-corrected chi connectivity index (χ4v) is 4.41. The van der Waals surface area contributed by atoms with Crippen LogP contribution in [0.2, 0.25) is 0 Å². The second-order valence-electron chi connectivity index (χ2n) is 7.60. The molecule has 164 valence electrons. The van der Waals surface area contributed by atoms with Crippen LogP contribution in [0.15, 0.2) is 46.0 Å². The van der Waals surface area contributed by atoms with Crippen LogP contribution in [0.25, 0.3) is 22.3 Å². The molecule has 0 fully saturated rings. The summed E-state index contributed by atoms with van der Waals surface area (Å²) in [6.07, 6.45) is 2.13. The Hall–Kier alpha value is -3.59. The van der Waals surface area contributed by atoms with Crippen LogP contribution in [0.3, 0.4) is 0 Å². The van der Waals surface area contributed by atoms with Crippen molar-refractivity contribution in [2.24, 2.45) is 14.1 Å². The van der Waals surface area contributed by atoms with Gasteiger partial charge in [0.05, 0.1) is 11.1 Å². The third-order valence-corrected chi connectivity index (χ3v) is 6.20. The van der Waals surface area contributed by atoms with Crippen LogP contribution in [0.5, 0.6) is 0 Å². The lowest BCUT2D eigenvalue weighted by Gasteiger charge is -2.08. The molecule has 9 heteroatoms. The maximum atomic E-state index is 12.8. The second-order valence-corrected chi connectivity index (χ2v) is 8.80. The predicted octanol–water partition coefficient (Wildman–Crippen LogP) is 3.27. The third kappa shape index (κ3) is 3.87. The first kappa shape index (κ1) is 21.6. The third-order valence-electron chi connectivity index (χ3n) is 5.32. The van der Waals surface area contributed by atoms with E-state index < -0.39 is 17.2 Å². The molecule has 3 heterocycles. The van der Waals surface area contributed by atoms with Gasteiger partial charge in [-0.15, -0.1) is 11.3 Å². The first-order chi connectivity index (χ1) is 15.3. The molecule has 1 N–H and O–H groups in total. The molecule has 0 spiro atoms. The van der Waals surface area contributed by atoms with E-state index in [-0.39, 0.29) is 16.7 Å². The standard InChI is InChI=1S/C23H23N5O3S/c1-5-6-14-7-9-15(10-8-14)18-13(2)32-22(25-18)26-20(29)17-12-11-16-19(24-17)27(3)23(31)28(4)21(16)30/h7-12H,5-6H2,1-4H3,(H,25,26,29). The van der Waals surface area contributed by atoms with Gasteiger partial charge in [-0.05, 0) is 31.0 Å². The number of fused-ring (bicyclic) bond motifs is 1. The van der Waals surface area contributed by atoms with Crippen LogP contribution in [0, 0.1) is 6.92 Å². The summed E-state index contributed by atoms with van der Waals surface area (Å²) < 4.78 is 2.26. The Kier molecular flexibility index (Phi) is 5.75. The maximum absolute atomic E-state index is 12.8. The van der Waals surface area contributed by atoms with Gasteiger partial charge < -0.3 is 0 Å². The summed E-state index contributed by atoms with van der Waals surface area (Å²) in [6, 6.07) is 11.3. The molecule has 4 aromatic rings. The van der Waals surface area contributed by atoms with Crippen LogP contribution < -0.4 is 16.6 Å². The van der Waals surface area contributed by atoms with Gasteiger partial charge in [-0.1, -0.05) is 37.6 Å². The average Bonchev–Trinajstić information content (AvgIpc) is 3.16. The molecule has 1 aromatic carbocycles. The van der Waals surface area contributed by atoms with Crippen LogP contribution in [0.1, 0.15) is 34.3 Å². The van der Waals surface area contributed by atoms with E-state index in [0.717, 1.165) is 33.5 Å². The molecule has 4 rings (SSSR count). The summed E-state index contributed by atoms with van der Waals surface area (Å²) in [6.45, 7) is 4.11. The lowest BCUT2D eigenvalue weighted by Crippen LogP contribution is -2.37. The summed E-state index contributed by atoms with van der Waals surface area (Å²) in [5.41, 5.74) is 2.40. The molecule has 0 aliphatic heterocycles. The molecule has 8 nitrogen and oxygen atoms in total.